The van der Waals surface area contributed by atoms with Gasteiger partial charge in [0.15, 0.2) is 0 Å². The first-order chi connectivity index (χ1) is 14.2. The van der Waals surface area contributed by atoms with Gasteiger partial charge in [-0.2, -0.15) is 0 Å². The Balaban J connectivity index is 2.15. The second kappa shape index (κ2) is 9.30. The Bertz CT molecular complexity index is 1050. The van der Waals surface area contributed by atoms with E-state index in [1.54, 1.807) is 32.9 Å². The molecule has 31 heavy (non-hydrogen) atoms. The number of amides is 1. The first kappa shape index (κ1) is 24.7. The highest BCUT2D eigenvalue weighted by Gasteiger charge is 2.28. The largest absolute Gasteiger partial charge is 0.381 e. The average Bonchev–Trinajstić information content (AvgIpc) is 2.64. The highest BCUT2D eigenvalue weighted by molar-refractivity contribution is 7.94. The third kappa shape index (κ3) is 6.00. The third-order valence-corrected chi connectivity index (χ3v) is 7.36. The second-order valence-corrected chi connectivity index (χ2v) is 11.7. The summed E-state index contributed by atoms with van der Waals surface area (Å²) in [6.07, 6.45) is 0. The molecule has 2 aromatic carbocycles. The number of rotatable bonds is 7. The summed E-state index contributed by atoms with van der Waals surface area (Å²) >= 11 is 0. The van der Waals surface area contributed by atoms with Crippen molar-refractivity contribution in [3.8, 4) is 0 Å². The van der Waals surface area contributed by atoms with Gasteiger partial charge >= 0.3 is 0 Å². The summed E-state index contributed by atoms with van der Waals surface area (Å²) in [5.41, 5.74) is 6.29. The van der Waals surface area contributed by atoms with E-state index in [4.69, 9.17) is 0 Å². The van der Waals surface area contributed by atoms with Gasteiger partial charge in [-0.05, 0) is 95.8 Å². The zero-order valence-corrected chi connectivity index (χ0v) is 20.6. The molecule has 1 amide bonds. The summed E-state index contributed by atoms with van der Waals surface area (Å²) < 4.78 is 26.4. The molecular weight excluding hydrogens is 410 g/mol. The maximum absolute atomic E-state index is 12.5. The second-order valence-electron chi connectivity index (χ2n) is 9.26. The average molecular weight is 446 g/mol. The van der Waals surface area contributed by atoms with Gasteiger partial charge in [0, 0.05) is 29.5 Å². The molecule has 6 nitrogen and oxygen atoms in total. The van der Waals surface area contributed by atoms with Crippen LogP contribution in [-0.4, -0.2) is 25.1 Å². The molecule has 170 valence electrons. The topological polar surface area (TPSA) is 87.3 Å². The Morgan fingerprint density at radius 1 is 1.00 bits per heavy atom. The quantitative estimate of drug-likeness (QED) is 0.565. The van der Waals surface area contributed by atoms with Gasteiger partial charge in [-0.1, -0.05) is 12.1 Å². The lowest BCUT2D eigenvalue weighted by Gasteiger charge is -2.21. The number of carbonyl (C=O) groups excluding carboxylic acids is 1. The molecule has 0 radical (unpaired) electrons. The van der Waals surface area contributed by atoms with E-state index in [1.165, 1.54) is 0 Å². The van der Waals surface area contributed by atoms with Crippen molar-refractivity contribution in [3.63, 3.8) is 0 Å². The van der Waals surface area contributed by atoms with E-state index in [2.05, 4.69) is 15.4 Å². The van der Waals surface area contributed by atoms with Crippen LogP contribution in [0.1, 0.15) is 67.2 Å². The number of hydrogen-bond donors (Lipinski definition) is 3. The predicted molar refractivity (Wildman–Crippen MR) is 129 cm³/mol. The third-order valence-electron chi connectivity index (χ3n) is 5.24. The molecule has 0 aliphatic heterocycles. The molecule has 3 N–H and O–H groups in total. The molecule has 2 rings (SSSR count). The zero-order valence-electron chi connectivity index (χ0n) is 19.8. The van der Waals surface area contributed by atoms with E-state index in [-0.39, 0.29) is 11.9 Å². The normalized spacial score (nSPS) is 12.0. The molecule has 0 saturated heterocycles. The maximum atomic E-state index is 12.5. The summed E-state index contributed by atoms with van der Waals surface area (Å²) in [6, 6.07) is 9.34. The van der Waals surface area contributed by atoms with Gasteiger partial charge in [0.2, 0.25) is 10.0 Å². The molecule has 0 bridgehead atoms. The van der Waals surface area contributed by atoms with E-state index in [9.17, 15) is 13.2 Å². The minimum Gasteiger partial charge on any atom is -0.381 e. The summed E-state index contributed by atoms with van der Waals surface area (Å²) in [4.78, 5) is 12.5. The Morgan fingerprint density at radius 3 is 2.10 bits per heavy atom. The van der Waals surface area contributed by atoms with Crippen LogP contribution in [0.3, 0.4) is 0 Å². The summed E-state index contributed by atoms with van der Waals surface area (Å²) in [5, 5.41) is 6.42. The monoisotopic (exact) mass is 445 g/mol. The molecule has 2 aromatic rings. The summed E-state index contributed by atoms with van der Waals surface area (Å²) in [5.74, 6) is -0.0569. The van der Waals surface area contributed by atoms with E-state index < -0.39 is 14.8 Å². The number of hydrogen-bond acceptors (Lipinski definition) is 4. The lowest BCUT2D eigenvalue weighted by molar-refractivity contribution is 0.0942. The fourth-order valence-electron chi connectivity index (χ4n) is 3.12. The molecule has 7 heteroatoms. The van der Waals surface area contributed by atoms with Gasteiger partial charge in [0.25, 0.3) is 5.91 Å². The van der Waals surface area contributed by atoms with Gasteiger partial charge in [-0.15, -0.1) is 0 Å². The number of nitrogens with one attached hydrogen (secondary N) is 3. The molecule has 0 unspecified atom stereocenters. The standard InChI is InChI=1S/C24H35N3O3S/c1-15(2)26-23(28)21-13-16(3)22(18(5)17(21)4)25-14-19-9-11-20(12-10-19)27-31(29,30)24(6,7)8/h9-13,15,25,27H,14H2,1-8H3,(H,26,28). The fraction of sp³-hybridized carbons (Fsp3) is 0.458. The Hall–Kier alpha value is -2.54. The Morgan fingerprint density at radius 2 is 1.58 bits per heavy atom. The number of aryl methyl sites for hydroxylation is 1. The minimum absolute atomic E-state index is 0.0569. The molecule has 0 fully saturated rings. The first-order valence-electron chi connectivity index (χ1n) is 10.5. The maximum Gasteiger partial charge on any atom is 0.251 e. The van der Waals surface area contributed by atoms with Crippen molar-refractivity contribution in [2.75, 3.05) is 10.0 Å². The van der Waals surface area contributed by atoms with Crippen molar-refractivity contribution in [2.45, 2.75) is 72.7 Å². The highest BCUT2D eigenvalue weighted by atomic mass is 32.2. The Labute approximate surface area is 186 Å². The molecular formula is C24H35N3O3S. The smallest absolute Gasteiger partial charge is 0.251 e. The SMILES string of the molecule is Cc1cc(C(=O)NC(C)C)c(C)c(C)c1NCc1ccc(NS(=O)(=O)C(C)(C)C)cc1. The van der Waals surface area contributed by atoms with Crippen LogP contribution in [0.5, 0.6) is 0 Å². The van der Waals surface area contributed by atoms with Crippen LogP contribution in [0.15, 0.2) is 30.3 Å². The van der Waals surface area contributed by atoms with Crippen LogP contribution < -0.4 is 15.4 Å². The van der Waals surface area contributed by atoms with E-state index in [1.807, 2.05) is 52.8 Å². The van der Waals surface area contributed by atoms with Gasteiger partial charge < -0.3 is 10.6 Å². The predicted octanol–water partition coefficient (Wildman–Crippen LogP) is 4.90. The Kier molecular flexibility index (Phi) is 7.42. The minimum atomic E-state index is -3.45. The molecule has 0 aliphatic rings. The lowest BCUT2D eigenvalue weighted by atomic mass is 9.96. The van der Waals surface area contributed by atoms with Crippen molar-refractivity contribution < 1.29 is 13.2 Å². The number of benzene rings is 2. The number of anilines is 2. The van der Waals surface area contributed by atoms with Crippen molar-refractivity contribution in [2.24, 2.45) is 0 Å². The highest BCUT2D eigenvalue weighted by Crippen LogP contribution is 2.28. The van der Waals surface area contributed by atoms with Crippen LogP contribution in [-0.2, 0) is 16.6 Å². The van der Waals surface area contributed by atoms with Crippen molar-refractivity contribution >= 4 is 27.3 Å². The van der Waals surface area contributed by atoms with Crippen LogP contribution in [0.25, 0.3) is 0 Å². The fourth-order valence-corrected chi connectivity index (χ4v) is 3.87. The summed E-state index contributed by atoms with van der Waals surface area (Å²) in [7, 11) is -3.45. The van der Waals surface area contributed by atoms with Gasteiger partial charge in [-0.3, -0.25) is 9.52 Å². The molecule has 0 saturated carbocycles. The van der Waals surface area contributed by atoms with Crippen molar-refractivity contribution in [1.82, 2.24) is 5.32 Å². The number of sulfonamides is 1. The number of carbonyl (C=O) groups is 1. The van der Waals surface area contributed by atoms with E-state index >= 15 is 0 Å². The summed E-state index contributed by atoms with van der Waals surface area (Å²) in [6.45, 7) is 15.4. The van der Waals surface area contributed by atoms with E-state index in [0.29, 0.717) is 17.8 Å². The van der Waals surface area contributed by atoms with Crippen LogP contribution in [0.4, 0.5) is 11.4 Å². The molecule has 0 aliphatic carbocycles. The van der Waals surface area contributed by atoms with Gasteiger partial charge in [0.1, 0.15) is 0 Å². The molecule has 0 aromatic heterocycles. The van der Waals surface area contributed by atoms with Crippen LogP contribution in [0.2, 0.25) is 0 Å². The first-order valence-corrected chi connectivity index (χ1v) is 12.0. The zero-order chi connectivity index (χ0) is 23.6. The van der Waals surface area contributed by atoms with Gasteiger partial charge in [0.05, 0.1) is 4.75 Å². The molecule has 0 spiro atoms. The van der Waals surface area contributed by atoms with E-state index in [0.717, 1.165) is 27.9 Å². The van der Waals surface area contributed by atoms with Crippen LogP contribution >= 0.6 is 0 Å². The van der Waals surface area contributed by atoms with Crippen LogP contribution in [0, 0.1) is 20.8 Å². The van der Waals surface area contributed by atoms with Gasteiger partial charge in [-0.25, -0.2) is 8.42 Å². The lowest BCUT2D eigenvalue weighted by Crippen LogP contribution is -2.33. The molecule has 0 atom stereocenters. The van der Waals surface area contributed by atoms with Crippen molar-refractivity contribution in [1.29, 1.82) is 0 Å². The molecule has 0 heterocycles. The van der Waals surface area contributed by atoms with Crippen molar-refractivity contribution in [3.05, 3.63) is 58.1 Å².